The third kappa shape index (κ3) is 4.67. The number of halogens is 1. The first-order valence-corrected chi connectivity index (χ1v) is 10.6. The largest absolute Gasteiger partial charge is 0.483 e. The van der Waals surface area contributed by atoms with Crippen LogP contribution in [-0.4, -0.2) is 25.1 Å². The molecule has 0 saturated carbocycles. The highest BCUT2D eigenvalue weighted by atomic mass is 35.5. The number of esters is 1. The predicted octanol–water partition coefficient (Wildman–Crippen LogP) is 5.03. The van der Waals surface area contributed by atoms with Crippen LogP contribution in [0.3, 0.4) is 0 Å². The average Bonchev–Trinajstić information content (AvgIpc) is 2.97. The van der Waals surface area contributed by atoms with Gasteiger partial charge in [0.2, 0.25) is 0 Å². The number of aryl methyl sites for hydroxylation is 1. The van der Waals surface area contributed by atoms with E-state index >= 15 is 0 Å². The van der Waals surface area contributed by atoms with Crippen molar-refractivity contribution in [3.8, 4) is 5.75 Å². The van der Waals surface area contributed by atoms with Gasteiger partial charge in [0, 0.05) is 9.90 Å². The molecule has 1 atom stereocenters. The van der Waals surface area contributed by atoms with Crippen LogP contribution in [0.5, 0.6) is 5.75 Å². The van der Waals surface area contributed by atoms with Gasteiger partial charge >= 0.3 is 5.97 Å². The molecule has 0 fully saturated rings. The van der Waals surface area contributed by atoms with Crippen molar-refractivity contribution in [1.29, 1.82) is 0 Å². The molecule has 0 unspecified atom stereocenters. The van der Waals surface area contributed by atoms with E-state index < -0.39 is 0 Å². The van der Waals surface area contributed by atoms with Crippen LogP contribution >= 0.6 is 22.9 Å². The van der Waals surface area contributed by atoms with Gasteiger partial charge in [-0.25, -0.2) is 4.79 Å². The van der Waals surface area contributed by atoms with E-state index in [1.165, 1.54) is 11.3 Å². The molecule has 2 aromatic rings. The molecule has 1 amide bonds. The summed E-state index contributed by atoms with van der Waals surface area (Å²) in [6, 6.07) is 5.23. The number of ether oxygens (including phenoxy) is 2. The van der Waals surface area contributed by atoms with Gasteiger partial charge in [0.25, 0.3) is 5.91 Å². The summed E-state index contributed by atoms with van der Waals surface area (Å²) < 4.78 is 10.8. The Morgan fingerprint density at radius 3 is 2.86 bits per heavy atom. The lowest BCUT2D eigenvalue weighted by Gasteiger charge is -2.18. The number of fused-ring (bicyclic) bond motifs is 1. The molecule has 0 saturated heterocycles. The highest BCUT2D eigenvalue weighted by Gasteiger charge is 2.29. The minimum Gasteiger partial charge on any atom is -0.483 e. The van der Waals surface area contributed by atoms with E-state index in [1.807, 2.05) is 6.92 Å². The SMILES string of the molecule is CCOC(=O)c1c(NC(=O)COc2ccc(Cl)cc2C)sc2c1CC[C@@H](C)C2. The van der Waals surface area contributed by atoms with Gasteiger partial charge < -0.3 is 14.8 Å². The Morgan fingerprint density at radius 1 is 1.36 bits per heavy atom. The first-order chi connectivity index (χ1) is 13.4. The van der Waals surface area contributed by atoms with Crippen molar-refractivity contribution < 1.29 is 19.1 Å². The number of carbonyl (C=O) groups excluding carboxylic acids is 2. The maximum absolute atomic E-state index is 12.5. The van der Waals surface area contributed by atoms with Gasteiger partial charge in [-0.2, -0.15) is 0 Å². The molecule has 1 aromatic carbocycles. The lowest BCUT2D eigenvalue weighted by Crippen LogP contribution is -2.21. The Bertz CT molecular complexity index is 893. The number of benzene rings is 1. The predicted molar refractivity (Wildman–Crippen MR) is 112 cm³/mol. The molecule has 0 bridgehead atoms. The van der Waals surface area contributed by atoms with Crippen LogP contribution in [0.25, 0.3) is 0 Å². The molecule has 1 heterocycles. The van der Waals surface area contributed by atoms with Gasteiger partial charge in [0.15, 0.2) is 6.61 Å². The Balaban J connectivity index is 1.75. The smallest absolute Gasteiger partial charge is 0.341 e. The van der Waals surface area contributed by atoms with Crippen LogP contribution in [0.2, 0.25) is 5.02 Å². The summed E-state index contributed by atoms with van der Waals surface area (Å²) in [7, 11) is 0. The summed E-state index contributed by atoms with van der Waals surface area (Å²) >= 11 is 7.41. The number of amides is 1. The molecule has 7 heteroatoms. The van der Waals surface area contributed by atoms with Crippen molar-refractivity contribution in [3.05, 3.63) is 44.8 Å². The van der Waals surface area contributed by atoms with E-state index in [2.05, 4.69) is 12.2 Å². The van der Waals surface area contributed by atoms with Gasteiger partial charge in [-0.1, -0.05) is 18.5 Å². The van der Waals surface area contributed by atoms with E-state index in [0.29, 0.717) is 33.9 Å². The van der Waals surface area contributed by atoms with Crippen LogP contribution in [-0.2, 0) is 22.4 Å². The van der Waals surface area contributed by atoms with Gasteiger partial charge in [0.05, 0.1) is 12.2 Å². The van der Waals surface area contributed by atoms with Crippen molar-refractivity contribution in [2.45, 2.75) is 40.0 Å². The molecule has 1 aliphatic rings. The fraction of sp³-hybridized carbons (Fsp3) is 0.429. The van der Waals surface area contributed by atoms with Gasteiger partial charge in [-0.15, -0.1) is 11.3 Å². The van der Waals surface area contributed by atoms with Crippen LogP contribution in [0.4, 0.5) is 5.00 Å². The lowest BCUT2D eigenvalue weighted by atomic mass is 9.88. The van der Waals surface area contributed by atoms with Gasteiger partial charge in [0.1, 0.15) is 10.8 Å². The molecule has 5 nitrogen and oxygen atoms in total. The summed E-state index contributed by atoms with van der Waals surface area (Å²) in [5, 5.41) is 4.02. The topological polar surface area (TPSA) is 64.6 Å². The maximum Gasteiger partial charge on any atom is 0.341 e. The second kappa shape index (κ2) is 8.97. The van der Waals surface area contributed by atoms with Crippen molar-refractivity contribution in [2.75, 3.05) is 18.5 Å². The van der Waals surface area contributed by atoms with E-state index in [-0.39, 0.29) is 18.5 Å². The maximum atomic E-state index is 12.5. The zero-order valence-corrected chi connectivity index (χ0v) is 17.8. The first kappa shape index (κ1) is 20.7. The molecular formula is C21H24ClNO4S. The van der Waals surface area contributed by atoms with Gasteiger partial charge in [-0.05, 0) is 68.4 Å². The summed E-state index contributed by atoms with van der Waals surface area (Å²) in [4.78, 5) is 26.1. The third-order valence-corrected chi connectivity index (χ3v) is 6.14. The average molecular weight is 422 g/mol. The van der Waals surface area contributed by atoms with E-state index in [0.717, 1.165) is 35.3 Å². The second-order valence-corrected chi connectivity index (χ2v) is 8.56. The van der Waals surface area contributed by atoms with E-state index in [1.54, 1.807) is 25.1 Å². The zero-order chi connectivity index (χ0) is 20.3. The van der Waals surface area contributed by atoms with Crippen LogP contribution in [0, 0.1) is 12.8 Å². The molecular weight excluding hydrogens is 398 g/mol. The van der Waals surface area contributed by atoms with E-state index in [4.69, 9.17) is 21.1 Å². The lowest BCUT2D eigenvalue weighted by molar-refractivity contribution is -0.118. The summed E-state index contributed by atoms with van der Waals surface area (Å²) in [5.41, 5.74) is 2.38. The molecule has 150 valence electrons. The number of carbonyl (C=O) groups is 2. The molecule has 0 radical (unpaired) electrons. The molecule has 0 spiro atoms. The molecule has 28 heavy (non-hydrogen) atoms. The number of hydrogen-bond donors (Lipinski definition) is 1. The Kier molecular flexibility index (Phi) is 6.62. The Labute approximate surface area is 174 Å². The molecule has 1 N–H and O–H groups in total. The minimum absolute atomic E-state index is 0.149. The number of hydrogen-bond acceptors (Lipinski definition) is 5. The van der Waals surface area contributed by atoms with Crippen molar-refractivity contribution in [1.82, 2.24) is 0 Å². The van der Waals surface area contributed by atoms with Crippen molar-refractivity contribution in [3.63, 3.8) is 0 Å². The van der Waals surface area contributed by atoms with Crippen molar-refractivity contribution in [2.24, 2.45) is 5.92 Å². The van der Waals surface area contributed by atoms with Crippen LogP contribution in [0.15, 0.2) is 18.2 Å². The third-order valence-electron chi connectivity index (χ3n) is 4.74. The fourth-order valence-corrected chi connectivity index (χ4v) is 4.98. The number of thiophene rings is 1. The second-order valence-electron chi connectivity index (χ2n) is 7.02. The number of rotatable bonds is 6. The molecule has 1 aromatic heterocycles. The van der Waals surface area contributed by atoms with Gasteiger partial charge in [-0.3, -0.25) is 4.79 Å². The summed E-state index contributed by atoms with van der Waals surface area (Å²) in [6.07, 6.45) is 2.78. The standard InChI is InChI=1S/C21H24ClNO4S/c1-4-26-21(25)19-15-7-5-12(2)9-17(15)28-20(19)23-18(24)11-27-16-8-6-14(22)10-13(16)3/h6,8,10,12H,4-5,7,9,11H2,1-3H3,(H,23,24)/t12-/m1/s1. The number of anilines is 1. The Morgan fingerprint density at radius 2 is 2.14 bits per heavy atom. The zero-order valence-electron chi connectivity index (χ0n) is 16.3. The van der Waals surface area contributed by atoms with Crippen molar-refractivity contribution >= 4 is 39.8 Å². The van der Waals surface area contributed by atoms with E-state index in [9.17, 15) is 9.59 Å². The summed E-state index contributed by atoms with van der Waals surface area (Å²) in [5.74, 6) is 0.483. The molecule has 0 aliphatic heterocycles. The summed E-state index contributed by atoms with van der Waals surface area (Å²) in [6.45, 7) is 5.99. The Hall–Kier alpha value is -2.05. The number of nitrogens with one attached hydrogen (secondary N) is 1. The van der Waals surface area contributed by atoms with Crippen LogP contribution in [0.1, 0.15) is 46.6 Å². The molecule has 3 rings (SSSR count). The fourth-order valence-electron chi connectivity index (χ4n) is 3.34. The minimum atomic E-state index is -0.376. The molecule has 1 aliphatic carbocycles. The highest BCUT2D eigenvalue weighted by molar-refractivity contribution is 7.17. The normalized spacial score (nSPS) is 15.6. The monoisotopic (exact) mass is 421 g/mol. The highest BCUT2D eigenvalue weighted by Crippen LogP contribution is 2.40. The first-order valence-electron chi connectivity index (χ1n) is 9.39. The quantitative estimate of drug-likeness (QED) is 0.664. The van der Waals surface area contributed by atoms with Crippen LogP contribution < -0.4 is 10.1 Å².